The van der Waals surface area contributed by atoms with Crippen LogP contribution >= 0.6 is 24.0 Å². The lowest BCUT2D eigenvalue weighted by atomic mass is 10.0. The fourth-order valence-electron chi connectivity index (χ4n) is 3.28. The van der Waals surface area contributed by atoms with E-state index in [1.54, 1.807) is 17.8 Å². The topological polar surface area (TPSA) is 77.7 Å². The Morgan fingerprint density at radius 3 is 2.63 bits per heavy atom. The Bertz CT molecular complexity index is 568. The zero-order valence-electron chi connectivity index (χ0n) is 17.2. The predicted octanol–water partition coefficient (Wildman–Crippen LogP) is 1.92. The molecule has 0 saturated carbocycles. The first-order valence-corrected chi connectivity index (χ1v) is 9.86. The van der Waals surface area contributed by atoms with E-state index >= 15 is 0 Å². The van der Waals surface area contributed by atoms with Crippen molar-refractivity contribution in [2.45, 2.75) is 45.6 Å². The molecule has 8 heteroatoms. The van der Waals surface area contributed by atoms with Crippen LogP contribution in [0.4, 0.5) is 0 Å². The summed E-state index contributed by atoms with van der Waals surface area (Å²) in [4.78, 5) is 7.15. The average molecular weight is 492 g/mol. The number of halogens is 1. The molecule has 1 aromatic rings. The van der Waals surface area contributed by atoms with E-state index in [0.29, 0.717) is 5.92 Å². The van der Waals surface area contributed by atoms with E-state index in [9.17, 15) is 5.11 Å². The Kier molecular flexibility index (Phi) is 10.6. The molecule has 2 heterocycles. The van der Waals surface area contributed by atoms with Gasteiger partial charge in [0.05, 0.1) is 12.7 Å². The van der Waals surface area contributed by atoms with Gasteiger partial charge in [-0.1, -0.05) is 13.3 Å². The molecule has 2 unspecified atom stereocenters. The number of hydrogen-bond acceptors (Lipinski definition) is 4. The van der Waals surface area contributed by atoms with E-state index in [2.05, 4.69) is 32.5 Å². The van der Waals surface area contributed by atoms with Crippen LogP contribution in [0.3, 0.4) is 0 Å². The molecule has 1 aliphatic rings. The highest BCUT2D eigenvalue weighted by molar-refractivity contribution is 14.0. The van der Waals surface area contributed by atoms with Gasteiger partial charge >= 0.3 is 0 Å². The molecule has 156 valence electrons. The van der Waals surface area contributed by atoms with E-state index in [-0.39, 0.29) is 30.5 Å². The number of hydrogen-bond donors (Lipinski definition) is 3. The number of aliphatic imine (C=N–C) groups is 1. The number of aromatic nitrogens is 2. The molecule has 2 rings (SSSR count). The largest absolute Gasteiger partial charge is 0.383 e. The van der Waals surface area contributed by atoms with Gasteiger partial charge in [0.15, 0.2) is 5.96 Å². The quantitative estimate of drug-likeness (QED) is 0.294. The molecule has 0 amide bonds. The summed E-state index contributed by atoms with van der Waals surface area (Å²) in [5.41, 5.74) is -0.256. The van der Waals surface area contributed by atoms with Gasteiger partial charge in [-0.25, -0.2) is 4.99 Å². The minimum Gasteiger partial charge on any atom is -0.383 e. The first-order valence-electron chi connectivity index (χ1n) is 9.86. The molecule has 0 spiro atoms. The zero-order valence-corrected chi connectivity index (χ0v) is 19.6. The van der Waals surface area contributed by atoms with Gasteiger partial charge in [-0.3, -0.25) is 4.68 Å². The van der Waals surface area contributed by atoms with Crippen LogP contribution in [0.2, 0.25) is 0 Å². The summed E-state index contributed by atoms with van der Waals surface area (Å²) in [6.45, 7) is 11.6. The highest BCUT2D eigenvalue weighted by atomic mass is 127. The summed E-state index contributed by atoms with van der Waals surface area (Å²) in [6, 6.07) is 0. The van der Waals surface area contributed by atoms with E-state index in [1.807, 2.05) is 20.2 Å². The average Bonchev–Trinajstić information content (AvgIpc) is 3.06. The fraction of sp³-hybridized carbons (Fsp3) is 0.789. The zero-order chi connectivity index (χ0) is 19.0. The van der Waals surface area contributed by atoms with Crippen molar-refractivity contribution in [2.24, 2.45) is 18.0 Å². The maximum atomic E-state index is 10.7. The van der Waals surface area contributed by atoms with Gasteiger partial charge in [0.25, 0.3) is 0 Å². The van der Waals surface area contributed by atoms with E-state index in [0.717, 1.165) is 31.2 Å². The third-order valence-corrected chi connectivity index (χ3v) is 4.85. The third-order valence-electron chi connectivity index (χ3n) is 4.85. The minimum atomic E-state index is -1.03. The van der Waals surface area contributed by atoms with E-state index in [4.69, 9.17) is 0 Å². The number of nitrogens with zero attached hydrogens (tertiary/aromatic N) is 4. The van der Waals surface area contributed by atoms with Gasteiger partial charge in [0, 0.05) is 38.4 Å². The van der Waals surface area contributed by atoms with Gasteiger partial charge < -0.3 is 20.6 Å². The van der Waals surface area contributed by atoms with Crippen molar-refractivity contribution in [3.05, 3.63) is 18.0 Å². The SMILES string of the molecule is CCNC(=NCC(C)(O)c1cnn(C)c1)NCC(C)CN1CCCCC1.I. The molecule has 0 radical (unpaired) electrons. The Labute approximate surface area is 181 Å². The van der Waals surface area contributed by atoms with Crippen molar-refractivity contribution in [3.8, 4) is 0 Å². The number of piperidine rings is 1. The molecule has 2 atom stereocenters. The summed E-state index contributed by atoms with van der Waals surface area (Å²) in [6.07, 6.45) is 7.55. The van der Waals surface area contributed by atoms with Gasteiger partial charge in [0.2, 0.25) is 0 Å². The molecule has 0 aromatic carbocycles. The van der Waals surface area contributed by atoms with Gasteiger partial charge in [-0.2, -0.15) is 5.10 Å². The smallest absolute Gasteiger partial charge is 0.191 e. The monoisotopic (exact) mass is 492 g/mol. The van der Waals surface area contributed by atoms with Crippen molar-refractivity contribution in [1.82, 2.24) is 25.3 Å². The second kappa shape index (κ2) is 11.9. The lowest BCUT2D eigenvalue weighted by molar-refractivity contribution is 0.0671. The van der Waals surface area contributed by atoms with E-state index < -0.39 is 5.60 Å². The van der Waals surface area contributed by atoms with Crippen LogP contribution < -0.4 is 10.6 Å². The number of rotatable bonds is 8. The highest BCUT2D eigenvalue weighted by Crippen LogP contribution is 2.19. The minimum absolute atomic E-state index is 0. The van der Waals surface area contributed by atoms with Crippen LogP contribution in [0, 0.1) is 5.92 Å². The van der Waals surface area contributed by atoms with Crippen LogP contribution in [-0.2, 0) is 12.6 Å². The molecule has 0 bridgehead atoms. The molecule has 1 saturated heterocycles. The molecule has 3 N–H and O–H groups in total. The molecule has 0 aliphatic carbocycles. The first kappa shape index (κ1) is 24.2. The maximum Gasteiger partial charge on any atom is 0.191 e. The normalized spacial score (nSPS) is 19.1. The molecule has 1 aliphatic heterocycles. The second-order valence-corrected chi connectivity index (χ2v) is 7.72. The predicted molar refractivity (Wildman–Crippen MR) is 122 cm³/mol. The van der Waals surface area contributed by atoms with Crippen LogP contribution in [0.25, 0.3) is 0 Å². The Morgan fingerprint density at radius 2 is 2.04 bits per heavy atom. The first-order chi connectivity index (χ1) is 12.4. The third kappa shape index (κ3) is 8.35. The summed E-state index contributed by atoms with van der Waals surface area (Å²) in [7, 11) is 1.85. The second-order valence-electron chi connectivity index (χ2n) is 7.72. The van der Waals surface area contributed by atoms with Crippen molar-refractivity contribution in [1.29, 1.82) is 0 Å². The van der Waals surface area contributed by atoms with Gasteiger partial charge in [-0.05, 0) is 45.7 Å². The van der Waals surface area contributed by atoms with Crippen molar-refractivity contribution < 1.29 is 5.11 Å². The number of likely N-dealkylation sites (tertiary alicyclic amines) is 1. The molecular formula is C19H37IN6O. The molecule has 1 fully saturated rings. The number of aryl methyl sites for hydroxylation is 1. The highest BCUT2D eigenvalue weighted by Gasteiger charge is 2.24. The Balaban J connectivity index is 0.00000364. The van der Waals surface area contributed by atoms with Gasteiger partial charge in [-0.15, -0.1) is 24.0 Å². The summed E-state index contributed by atoms with van der Waals surface area (Å²) >= 11 is 0. The van der Waals surface area contributed by atoms with Crippen molar-refractivity contribution in [2.75, 3.05) is 39.3 Å². The van der Waals surface area contributed by atoms with Crippen LogP contribution in [0.15, 0.2) is 17.4 Å². The Hall–Kier alpha value is -0.870. The molecule has 7 nitrogen and oxygen atoms in total. The number of aliphatic hydroxyl groups is 1. The molecule has 27 heavy (non-hydrogen) atoms. The lowest BCUT2D eigenvalue weighted by Crippen LogP contribution is -2.43. The van der Waals surface area contributed by atoms with Gasteiger partial charge in [0.1, 0.15) is 5.60 Å². The lowest BCUT2D eigenvalue weighted by Gasteiger charge is -2.29. The van der Waals surface area contributed by atoms with E-state index in [1.165, 1.54) is 32.4 Å². The molecular weight excluding hydrogens is 455 g/mol. The van der Waals surface area contributed by atoms with Crippen LogP contribution in [0.1, 0.15) is 45.6 Å². The summed E-state index contributed by atoms with van der Waals surface area (Å²) in [5, 5.41) is 21.5. The van der Waals surface area contributed by atoms with Crippen LogP contribution in [-0.4, -0.2) is 65.0 Å². The molecule has 1 aromatic heterocycles. The number of guanidine groups is 1. The summed E-state index contributed by atoms with van der Waals surface area (Å²) in [5.74, 6) is 1.30. The van der Waals surface area contributed by atoms with Crippen molar-refractivity contribution >= 4 is 29.9 Å². The van der Waals surface area contributed by atoms with Crippen molar-refractivity contribution in [3.63, 3.8) is 0 Å². The standard InChI is InChI=1S/C19H36N6O.HI/c1-5-20-18(21-11-16(2)13-25-9-7-6-8-10-25)22-15-19(3,26)17-12-23-24(4)14-17;/h12,14,16,26H,5-11,13,15H2,1-4H3,(H2,20,21,22);1H. The van der Waals surface area contributed by atoms with Crippen LogP contribution in [0.5, 0.6) is 0 Å². The Morgan fingerprint density at radius 1 is 1.33 bits per heavy atom. The fourth-order valence-corrected chi connectivity index (χ4v) is 3.28. The number of nitrogens with one attached hydrogen (secondary N) is 2. The summed E-state index contributed by atoms with van der Waals surface area (Å²) < 4.78 is 1.69. The maximum absolute atomic E-state index is 10.7.